The second-order valence-corrected chi connectivity index (χ2v) is 9.41. The van der Waals surface area contributed by atoms with Crippen molar-refractivity contribution >= 4 is 57.4 Å². The van der Waals surface area contributed by atoms with Crippen LogP contribution >= 0.6 is 23.2 Å². The minimum Gasteiger partial charge on any atom is -0.384 e. The van der Waals surface area contributed by atoms with Gasteiger partial charge in [-0.3, -0.25) is 0 Å². The first kappa shape index (κ1) is 23.3. The van der Waals surface area contributed by atoms with E-state index in [4.69, 9.17) is 28.9 Å². The summed E-state index contributed by atoms with van der Waals surface area (Å²) in [4.78, 5) is 30.4. The number of halogens is 2. The number of nitrogen functional groups attached to an aromatic ring is 1. The number of para-hydroxylation sites is 1. The third-order valence-corrected chi connectivity index (χ3v) is 6.74. The van der Waals surface area contributed by atoms with E-state index in [0.29, 0.717) is 17.4 Å². The summed E-state index contributed by atoms with van der Waals surface area (Å²) in [6, 6.07) is 13.5. The van der Waals surface area contributed by atoms with Crippen LogP contribution < -0.4 is 21.6 Å². The highest BCUT2D eigenvalue weighted by Crippen LogP contribution is 2.30. The fraction of sp³-hybridized carbons (Fsp3) is 0.250. The fourth-order valence-electron chi connectivity index (χ4n) is 4.37. The number of fused-ring (bicyclic) bond motifs is 1. The van der Waals surface area contributed by atoms with Gasteiger partial charge in [0.15, 0.2) is 5.65 Å². The number of piperazine rings is 1. The number of likely N-dealkylation sites (N-methyl/N-ethyl adjacent to an activating group) is 1. The number of hydrogen-bond acceptors (Lipinski definition) is 8. The molecule has 1 aliphatic rings. The predicted octanol–water partition coefficient (Wildman–Crippen LogP) is 3.95. The van der Waals surface area contributed by atoms with Gasteiger partial charge in [0.25, 0.3) is 0 Å². The van der Waals surface area contributed by atoms with E-state index in [-0.39, 0.29) is 27.2 Å². The van der Waals surface area contributed by atoms with Crippen LogP contribution in [-0.4, -0.2) is 57.1 Å². The zero-order valence-electron chi connectivity index (χ0n) is 19.2. The Balaban J connectivity index is 1.42. The minimum atomic E-state index is -0.639. The molecule has 0 amide bonds. The number of hydrogen-bond donors (Lipinski definition) is 2. The van der Waals surface area contributed by atoms with Crippen molar-refractivity contribution in [2.45, 2.75) is 13.0 Å². The Bertz CT molecular complexity index is 1440. The van der Waals surface area contributed by atoms with Crippen LogP contribution in [0.4, 0.5) is 23.1 Å². The highest BCUT2D eigenvalue weighted by molar-refractivity contribution is 6.37. The van der Waals surface area contributed by atoms with Crippen LogP contribution in [0.15, 0.2) is 53.5 Å². The number of anilines is 4. The van der Waals surface area contributed by atoms with E-state index in [9.17, 15) is 4.79 Å². The Kier molecular flexibility index (Phi) is 6.22. The van der Waals surface area contributed by atoms with E-state index in [1.54, 1.807) is 18.2 Å². The van der Waals surface area contributed by atoms with Crippen molar-refractivity contribution in [1.82, 2.24) is 24.4 Å². The number of benzene rings is 2. The van der Waals surface area contributed by atoms with Crippen LogP contribution in [0.3, 0.4) is 0 Å². The maximum Gasteiger partial charge on any atom is 0.355 e. The van der Waals surface area contributed by atoms with Gasteiger partial charge in [-0.1, -0.05) is 29.3 Å². The zero-order valence-corrected chi connectivity index (χ0v) is 20.8. The van der Waals surface area contributed by atoms with Gasteiger partial charge in [0.1, 0.15) is 5.82 Å². The second-order valence-electron chi connectivity index (χ2n) is 8.59. The van der Waals surface area contributed by atoms with Crippen LogP contribution in [-0.2, 0) is 0 Å². The van der Waals surface area contributed by atoms with Gasteiger partial charge in [0, 0.05) is 43.2 Å². The average molecular weight is 511 g/mol. The molecule has 180 valence electrons. The van der Waals surface area contributed by atoms with E-state index in [0.717, 1.165) is 25.3 Å². The summed E-state index contributed by atoms with van der Waals surface area (Å²) >= 11 is 12.6. The molecule has 35 heavy (non-hydrogen) atoms. The topological polar surface area (TPSA) is 105 Å². The van der Waals surface area contributed by atoms with E-state index < -0.39 is 5.69 Å². The third-order valence-electron chi connectivity index (χ3n) is 6.13. The van der Waals surface area contributed by atoms with E-state index in [2.05, 4.69) is 56.2 Å². The summed E-state index contributed by atoms with van der Waals surface area (Å²) < 4.78 is 1.17. The van der Waals surface area contributed by atoms with Gasteiger partial charge < -0.3 is 20.9 Å². The molecule has 1 aliphatic heterocycles. The highest BCUT2D eigenvalue weighted by Gasteiger charge is 2.21. The molecule has 0 saturated carbocycles. The molecule has 0 radical (unpaired) electrons. The molecule has 1 atom stereocenters. The van der Waals surface area contributed by atoms with Crippen molar-refractivity contribution in [2.75, 3.05) is 42.6 Å². The number of nitrogens with two attached hydrogens (primary N) is 1. The molecule has 0 spiro atoms. The van der Waals surface area contributed by atoms with E-state index >= 15 is 0 Å². The van der Waals surface area contributed by atoms with Crippen molar-refractivity contribution in [3.63, 3.8) is 0 Å². The maximum atomic E-state index is 12.8. The van der Waals surface area contributed by atoms with Crippen molar-refractivity contribution in [3.05, 3.63) is 69.2 Å². The van der Waals surface area contributed by atoms with Gasteiger partial charge in [0.05, 0.1) is 21.1 Å². The minimum absolute atomic E-state index is 0.104. The van der Waals surface area contributed by atoms with E-state index in [1.165, 1.54) is 16.5 Å². The average Bonchev–Trinajstić information content (AvgIpc) is 2.81. The molecule has 0 bridgehead atoms. The Morgan fingerprint density at radius 2 is 1.77 bits per heavy atom. The molecule has 2 aromatic carbocycles. The molecule has 3 heterocycles. The Labute approximate surface area is 212 Å². The molecule has 3 N–H and O–H groups in total. The summed E-state index contributed by atoms with van der Waals surface area (Å²) in [5.41, 5.74) is 8.09. The summed E-state index contributed by atoms with van der Waals surface area (Å²) in [5, 5.41) is 4.13. The van der Waals surface area contributed by atoms with Crippen LogP contribution in [0.1, 0.15) is 6.92 Å². The summed E-state index contributed by atoms with van der Waals surface area (Å²) in [7, 11) is 2.15. The lowest BCUT2D eigenvalue weighted by molar-refractivity contribution is 0.275. The number of nitrogens with one attached hydrogen (secondary N) is 1. The lowest BCUT2D eigenvalue weighted by atomic mass is 10.1. The third kappa shape index (κ3) is 4.50. The van der Waals surface area contributed by atoms with Crippen LogP contribution in [0.2, 0.25) is 10.0 Å². The van der Waals surface area contributed by atoms with Crippen LogP contribution in [0, 0.1) is 0 Å². The Morgan fingerprint density at radius 3 is 2.46 bits per heavy atom. The van der Waals surface area contributed by atoms with Gasteiger partial charge in [-0.25, -0.2) is 14.3 Å². The largest absolute Gasteiger partial charge is 0.384 e. The SMILES string of the molecule is C[C@@H]1CN(C)CCN1c1ccc(Nc2ncc3c(N)n(-c4c(Cl)cccc4Cl)c(=O)nc3n2)cc1. The van der Waals surface area contributed by atoms with Crippen molar-refractivity contribution in [3.8, 4) is 5.69 Å². The van der Waals surface area contributed by atoms with Crippen LogP contribution in [0.5, 0.6) is 0 Å². The van der Waals surface area contributed by atoms with Crippen molar-refractivity contribution in [1.29, 1.82) is 0 Å². The zero-order chi connectivity index (χ0) is 24.7. The molecular formula is C24H24Cl2N8O. The molecule has 0 unspecified atom stereocenters. The number of nitrogens with zero attached hydrogens (tertiary/aromatic N) is 6. The van der Waals surface area contributed by atoms with Gasteiger partial charge in [-0.2, -0.15) is 9.97 Å². The lowest BCUT2D eigenvalue weighted by Crippen LogP contribution is -2.50. The van der Waals surface area contributed by atoms with Crippen LogP contribution in [0.25, 0.3) is 16.7 Å². The first-order chi connectivity index (χ1) is 16.8. The van der Waals surface area contributed by atoms with Crippen molar-refractivity contribution < 1.29 is 0 Å². The summed E-state index contributed by atoms with van der Waals surface area (Å²) in [6.07, 6.45) is 1.52. The summed E-state index contributed by atoms with van der Waals surface area (Å²) in [6.45, 7) is 5.29. The monoisotopic (exact) mass is 510 g/mol. The molecule has 2 aromatic heterocycles. The number of rotatable bonds is 4. The Hall–Kier alpha value is -3.40. The van der Waals surface area contributed by atoms with Gasteiger partial charge in [-0.05, 0) is 50.4 Å². The van der Waals surface area contributed by atoms with Gasteiger partial charge in [0.2, 0.25) is 5.95 Å². The molecule has 0 aliphatic carbocycles. The molecule has 5 rings (SSSR count). The molecule has 4 aromatic rings. The number of aromatic nitrogens is 4. The molecule has 11 heteroatoms. The van der Waals surface area contributed by atoms with Crippen molar-refractivity contribution in [2.24, 2.45) is 0 Å². The smallest absolute Gasteiger partial charge is 0.355 e. The second kappa shape index (κ2) is 9.33. The normalized spacial score (nSPS) is 16.6. The van der Waals surface area contributed by atoms with Gasteiger partial charge in [-0.15, -0.1) is 0 Å². The standard InChI is InChI=1S/C24H24Cl2N8O/c1-14-13-32(2)10-11-33(14)16-8-6-15(7-9-16)29-23-28-12-17-21(27)34(24(35)31-22(17)30-23)20-18(25)4-3-5-19(20)26/h3-9,12,14H,10-11,13,27H2,1-2H3,(H,29,30,31,35)/t14-/m1/s1. The first-order valence-corrected chi connectivity index (χ1v) is 11.9. The Morgan fingerprint density at radius 1 is 1.06 bits per heavy atom. The highest BCUT2D eigenvalue weighted by atomic mass is 35.5. The fourth-order valence-corrected chi connectivity index (χ4v) is 4.94. The van der Waals surface area contributed by atoms with Gasteiger partial charge >= 0.3 is 5.69 Å². The van der Waals surface area contributed by atoms with E-state index in [1.807, 2.05) is 12.1 Å². The first-order valence-electron chi connectivity index (χ1n) is 11.1. The summed E-state index contributed by atoms with van der Waals surface area (Å²) in [5.74, 6) is 0.408. The lowest BCUT2D eigenvalue weighted by Gasteiger charge is -2.39. The predicted molar refractivity (Wildman–Crippen MR) is 141 cm³/mol. The quantitative estimate of drug-likeness (QED) is 0.425. The molecule has 1 fully saturated rings. The molecule has 1 saturated heterocycles. The maximum absolute atomic E-state index is 12.8. The molecule has 9 nitrogen and oxygen atoms in total. The molecular weight excluding hydrogens is 487 g/mol.